The van der Waals surface area contributed by atoms with Crippen LogP contribution in [-0.4, -0.2) is 18.9 Å². The minimum Gasteiger partial charge on any atom is -0.359 e. The molecule has 0 saturated heterocycles. The lowest BCUT2D eigenvalue weighted by molar-refractivity contribution is -0.119. The minimum atomic E-state index is -0.158. The van der Waals surface area contributed by atoms with Gasteiger partial charge in [0.1, 0.15) is 0 Å². The third-order valence-electron chi connectivity index (χ3n) is 3.81. The van der Waals surface area contributed by atoms with E-state index in [2.05, 4.69) is 10.6 Å². The van der Waals surface area contributed by atoms with E-state index in [-0.39, 0.29) is 11.8 Å². The zero-order valence-electron chi connectivity index (χ0n) is 14.1. The normalized spacial score (nSPS) is 10.4. The van der Waals surface area contributed by atoms with Crippen LogP contribution in [0.5, 0.6) is 0 Å². The predicted molar refractivity (Wildman–Crippen MR) is 107 cm³/mol. The summed E-state index contributed by atoms with van der Waals surface area (Å²) in [6.45, 7) is 0. The van der Waals surface area contributed by atoms with Gasteiger partial charge in [-0.1, -0.05) is 35.9 Å². The minimum absolute atomic E-state index is 0.0462. The van der Waals surface area contributed by atoms with Crippen molar-refractivity contribution in [3.8, 4) is 10.4 Å². The van der Waals surface area contributed by atoms with Crippen molar-refractivity contribution in [2.45, 2.75) is 6.42 Å². The summed E-state index contributed by atoms with van der Waals surface area (Å²) in [6.07, 6.45) is 0.320. The summed E-state index contributed by atoms with van der Waals surface area (Å²) >= 11 is 7.33. The van der Waals surface area contributed by atoms with E-state index in [4.69, 9.17) is 11.6 Å². The van der Waals surface area contributed by atoms with Crippen molar-refractivity contribution >= 4 is 40.4 Å². The zero-order valence-corrected chi connectivity index (χ0v) is 15.7. The molecule has 0 atom stereocenters. The Labute approximate surface area is 160 Å². The summed E-state index contributed by atoms with van der Waals surface area (Å²) in [4.78, 5) is 25.5. The topological polar surface area (TPSA) is 58.2 Å². The molecule has 26 heavy (non-hydrogen) atoms. The van der Waals surface area contributed by atoms with Gasteiger partial charge in [-0.25, -0.2) is 0 Å². The van der Waals surface area contributed by atoms with Crippen molar-refractivity contribution in [3.63, 3.8) is 0 Å². The van der Waals surface area contributed by atoms with Crippen LogP contribution in [0.25, 0.3) is 10.4 Å². The standard InChI is InChI=1S/C20H17ClN2O2S/c1-22-19(24)12-13-2-8-16(9-3-13)23-20(25)18-11-10-17(26-18)14-4-6-15(21)7-5-14/h2-11H,12H2,1H3,(H,22,24)(H,23,25). The van der Waals surface area contributed by atoms with Crippen LogP contribution in [0.2, 0.25) is 5.02 Å². The Morgan fingerprint density at radius 1 is 0.962 bits per heavy atom. The summed E-state index contributed by atoms with van der Waals surface area (Å²) in [6, 6.07) is 18.5. The molecule has 0 saturated carbocycles. The fraction of sp³-hybridized carbons (Fsp3) is 0.100. The summed E-state index contributed by atoms with van der Waals surface area (Å²) < 4.78 is 0. The maximum atomic E-state index is 12.4. The van der Waals surface area contributed by atoms with E-state index in [1.165, 1.54) is 11.3 Å². The van der Waals surface area contributed by atoms with Crippen LogP contribution in [0.1, 0.15) is 15.2 Å². The Kier molecular flexibility index (Phi) is 5.71. The molecule has 2 N–H and O–H groups in total. The molecule has 2 aromatic carbocycles. The number of carbonyl (C=O) groups is 2. The number of amides is 2. The van der Waals surface area contributed by atoms with Crippen molar-refractivity contribution in [2.24, 2.45) is 0 Å². The van der Waals surface area contributed by atoms with Gasteiger partial charge in [-0.2, -0.15) is 0 Å². The third kappa shape index (κ3) is 4.50. The predicted octanol–water partition coefficient (Wildman–Crippen LogP) is 4.61. The van der Waals surface area contributed by atoms with Gasteiger partial charge < -0.3 is 10.6 Å². The first kappa shape index (κ1) is 18.2. The molecule has 0 unspecified atom stereocenters. The highest BCUT2D eigenvalue weighted by Gasteiger charge is 2.11. The molecule has 0 bridgehead atoms. The number of anilines is 1. The summed E-state index contributed by atoms with van der Waals surface area (Å²) in [7, 11) is 1.61. The first-order valence-corrected chi connectivity index (χ1v) is 9.21. The lowest BCUT2D eigenvalue weighted by atomic mass is 10.1. The van der Waals surface area contributed by atoms with Crippen LogP contribution in [0, 0.1) is 0 Å². The van der Waals surface area contributed by atoms with Crippen molar-refractivity contribution in [3.05, 3.63) is 76.1 Å². The van der Waals surface area contributed by atoms with E-state index in [1.807, 2.05) is 48.5 Å². The molecule has 2 amide bonds. The largest absolute Gasteiger partial charge is 0.359 e. The highest BCUT2D eigenvalue weighted by atomic mass is 35.5. The number of rotatable bonds is 5. The van der Waals surface area contributed by atoms with E-state index in [0.29, 0.717) is 22.0 Å². The Bertz CT molecular complexity index is 918. The average molecular weight is 385 g/mol. The summed E-state index contributed by atoms with van der Waals surface area (Å²) in [5, 5.41) is 6.15. The van der Waals surface area contributed by atoms with Crippen molar-refractivity contribution in [2.75, 3.05) is 12.4 Å². The Balaban J connectivity index is 1.66. The van der Waals surface area contributed by atoms with Gasteiger partial charge in [0.15, 0.2) is 0 Å². The molecule has 0 aliphatic rings. The molecule has 1 aromatic heterocycles. The van der Waals surface area contributed by atoms with Gasteiger partial charge in [0, 0.05) is 22.6 Å². The lowest BCUT2D eigenvalue weighted by Gasteiger charge is -2.05. The van der Waals surface area contributed by atoms with Crippen LogP contribution < -0.4 is 10.6 Å². The first-order chi connectivity index (χ1) is 12.5. The van der Waals surface area contributed by atoms with Gasteiger partial charge in [0.05, 0.1) is 11.3 Å². The number of benzene rings is 2. The molecular weight excluding hydrogens is 368 g/mol. The highest BCUT2D eigenvalue weighted by molar-refractivity contribution is 7.17. The van der Waals surface area contributed by atoms with Crippen LogP contribution >= 0.6 is 22.9 Å². The molecule has 132 valence electrons. The number of hydrogen-bond donors (Lipinski definition) is 2. The zero-order chi connectivity index (χ0) is 18.5. The lowest BCUT2D eigenvalue weighted by Crippen LogP contribution is -2.19. The molecule has 3 rings (SSSR count). The van der Waals surface area contributed by atoms with Crippen molar-refractivity contribution in [1.29, 1.82) is 0 Å². The molecule has 1 heterocycles. The van der Waals surface area contributed by atoms with E-state index in [9.17, 15) is 9.59 Å². The van der Waals surface area contributed by atoms with Crippen LogP contribution in [0.4, 0.5) is 5.69 Å². The van der Waals surface area contributed by atoms with E-state index in [1.54, 1.807) is 19.2 Å². The SMILES string of the molecule is CNC(=O)Cc1ccc(NC(=O)c2ccc(-c3ccc(Cl)cc3)s2)cc1. The first-order valence-electron chi connectivity index (χ1n) is 8.02. The van der Waals surface area contributed by atoms with Crippen LogP contribution in [0.15, 0.2) is 60.7 Å². The number of nitrogens with one attached hydrogen (secondary N) is 2. The molecular formula is C20H17ClN2O2S. The maximum Gasteiger partial charge on any atom is 0.265 e. The van der Waals surface area contributed by atoms with Crippen LogP contribution in [0.3, 0.4) is 0 Å². The van der Waals surface area contributed by atoms with Crippen molar-refractivity contribution in [1.82, 2.24) is 5.32 Å². The second-order valence-corrected chi connectivity index (χ2v) is 7.19. The smallest absolute Gasteiger partial charge is 0.265 e. The number of likely N-dealkylation sites (N-methyl/N-ethyl adjacent to an activating group) is 1. The summed E-state index contributed by atoms with van der Waals surface area (Å²) in [5.74, 6) is -0.204. The van der Waals surface area contributed by atoms with E-state index >= 15 is 0 Å². The number of thiophene rings is 1. The van der Waals surface area contributed by atoms with Gasteiger partial charge in [-0.3, -0.25) is 9.59 Å². The van der Waals surface area contributed by atoms with Gasteiger partial charge in [0.25, 0.3) is 5.91 Å². The van der Waals surface area contributed by atoms with E-state index in [0.717, 1.165) is 16.0 Å². The Morgan fingerprint density at radius 2 is 1.65 bits per heavy atom. The number of hydrogen-bond acceptors (Lipinski definition) is 3. The number of halogens is 1. The molecule has 6 heteroatoms. The van der Waals surface area contributed by atoms with E-state index < -0.39 is 0 Å². The quantitative estimate of drug-likeness (QED) is 0.674. The van der Waals surface area contributed by atoms with Crippen LogP contribution in [-0.2, 0) is 11.2 Å². The fourth-order valence-corrected chi connectivity index (χ4v) is 3.43. The monoisotopic (exact) mass is 384 g/mol. The van der Waals surface area contributed by atoms with Gasteiger partial charge in [-0.05, 0) is 47.5 Å². The fourth-order valence-electron chi connectivity index (χ4n) is 2.40. The molecule has 4 nitrogen and oxygen atoms in total. The second-order valence-electron chi connectivity index (χ2n) is 5.67. The molecule has 0 radical (unpaired) electrons. The van der Waals surface area contributed by atoms with Gasteiger partial charge in [0.2, 0.25) is 5.91 Å². The second kappa shape index (κ2) is 8.17. The molecule has 3 aromatic rings. The molecule has 0 spiro atoms. The number of carbonyl (C=O) groups excluding carboxylic acids is 2. The molecule has 0 aliphatic carbocycles. The molecule has 0 aliphatic heterocycles. The highest BCUT2D eigenvalue weighted by Crippen LogP contribution is 2.29. The third-order valence-corrected chi connectivity index (χ3v) is 5.20. The Hall–Kier alpha value is -2.63. The van der Waals surface area contributed by atoms with Gasteiger partial charge in [-0.15, -0.1) is 11.3 Å². The average Bonchev–Trinajstić information content (AvgIpc) is 3.14. The van der Waals surface area contributed by atoms with Crippen molar-refractivity contribution < 1.29 is 9.59 Å². The van der Waals surface area contributed by atoms with Gasteiger partial charge >= 0.3 is 0 Å². The maximum absolute atomic E-state index is 12.4. The Morgan fingerprint density at radius 3 is 2.31 bits per heavy atom. The molecule has 0 fully saturated rings. The summed E-state index contributed by atoms with van der Waals surface area (Å²) in [5.41, 5.74) is 2.61.